The highest BCUT2D eigenvalue weighted by Gasteiger charge is 2.25. The molecule has 102 valence electrons. The van der Waals surface area contributed by atoms with Crippen molar-refractivity contribution < 1.29 is 5.11 Å². The topological polar surface area (TPSA) is 38.0 Å². The maximum Gasteiger partial charge on any atom is 0.111 e. The van der Waals surface area contributed by atoms with E-state index in [9.17, 15) is 5.11 Å². The van der Waals surface area contributed by atoms with Gasteiger partial charge >= 0.3 is 0 Å². The molecule has 1 aromatic heterocycles. The minimum atomic E-state index is -0.905. The van der Waals surface area contributed by atoms with E-state index in [0.29, 0.717) is 6.42 Å². The van der Waals surface area contributed by atoms with Crippen molar-refractivity contribution in [3.8, 4) is 0 Å². The molecule has 3 nitrogen and oxygen atoms in total. The molecule has 0 saturated heterocycles. The fraction of sp³-hybridized carbons (Fsp3) is 0.400. The first-order valence-corrected chi connectivity index (χ1v) is 7.30. The molecule has 1 atom stereocenters. The van der Waals surface area contributed by atoms with Gasteiger partial charge < -0.3 is 9.67 Å². The van der Waals surface area contributed by atoms with Crippen LogP contribution in [0.2, 0.25) is 0 Å². The van der Waals surface area contributed by atoms with E-state index in [1.807, 2.05) is 37.4 Å². The number of hydrogen-bond acceptors (Lipinski definition) is 2. The van der Waals surface area contributed by atoms with Gasteiger partial charge in [0.2, 0.25) is 0 Å². The van der Waals surface area contributed by atoms with Crippen LogP contribution in [0.15, 0.2) is 41.1 Å². The first-order valence-electron chi connectivity index (χ1n) is 6.51. The van der Waals surface area contributed by atoms with Crippen molar-refractivity contribution in [1.29, 1.82) is 0 Å². The minimum Gasteiger partial charge on any atom is -0.385 e. The smallest absolute Gasteiger partial charge is 0.111 e. The molecule has 2 aromatic rings. The summed E-state index contributed by atoms with van der Waals surface area (Å²) in [4.78, 5) is 4.36. The van der Waals surface area contributed by atoms with Crippen molar-refractivity contribution in [1.82, 2.24) is 9.55 Å². The van der Waals surface area contributed by atoms with E-state index in [1.54, 1.807) is 6.20 Å². The average Bonchev–Trinajstić information content (AvgIpc) is 2.77. The lowest BCUT2D eigenvalue weighted by molar-refractivity contribution is 0.0545. The van der Waals surface area contributed by atoms with Crippen LogP contribution in [-0.2, 0) is 18.6 Å². The van der Waals surface area contributed by atoms with E-state index in [4.69, 9.17) is 0 Å². The summed E-state index contributed by atoms with van der Waals surface area (Å²) in [7, 11) is 0. The number of aliphatic hydroxyl groups is 1. The van der Waals surface area contributed by atoms with Crippen LogP contribution in [0.1, 0.15) is 31.7 Å². The summed E-state index contributed by atoms with van der Waals surface area (Å²) in [5, 5.41) is 10.7. The standard InChI is InChI=1S/C15H19BrN2O/c1-3-9-18-10-8-17-14(18)11-15(2,19)12-4-6-13(16)7-5-12/h4-8,10,19H,3,9,11H2,1-2H3. The molecule has 0 bridgehead atoms. The summed E-state index contributed by atoms with van der Waals surface area (Å²) in [6.07, 6.45) is 5.34. The minimum absolute atomic E-state index is 0.516. The van der Waals surface area contributed by atoms with E-state index in [-0.39, 0.29) is 0 Å². The maximum atomic E-state index is 10.7. The third kappa shape index (κ3) is 3.45. The predicted molar refractivity (Wildman–Crippen MR) is 79.9 cm³/mol. The fourth-order valence-electron chi connectivity index (χ4n) is 2.17. The van der Waals surface area contributed by atoms with Crippen molar-refractivity contribution in [2.75, 3.05) is 0 Å². The van der Waals surface area contributed by atoms with Crippen molar-refractivity contribution >= 4 is 15.9 Å². The summed E-state index contributed by atoms with van der Waals surface area (Å²) in [6, 6.07) is 7.78. The Hall–Kier alpha value is -1.13. The highest BCUT2D eigenvalue weighted by Crippen LogP contribution is 2.26. The summed E-state index contributed by atoms with van der Waals surface area (Å²) in [6.45, 7) is 4.91. The van der Waals surface area contributed by atoms with E-state index in [0.717, 1.165) is 28.8 Å². The van der Waals surface area contributed by atoms with E-state index >= 15 is 0 Å². The molecule has 1 heterocycles. The zero-order valence-corrected chi connectivity index (χ0v) is 12.9. The lowest BCUT2D eigenvalue weighted by atomic mass is 9.92. The Balaban J connectivity index is 2.20. The molecule has 19 heavy (non-hydrogen) atoms. The maximum absolute atomic E-state index is 10.7. The van der Waals surface area contributed by atoms with Gasteiger partial charge in [-0.15, -0.1) is 0 Å². The van der Waals surface area contributed by atoms with E-state index in [2.05, 4.69) is 32.4 Å². The van der Waals surface area contributed by atoms with Gasteiger partial charge in [0.05, 0.1) is 5.60 Å². The van der Waals surface area contributed by atoms with Crippen LogP contribution in [0.5, 0.6) is 0 Å². The Labute approximate surface area is 122 Å². The third-order valence-corrected chi connectivity index (χ3v) is 3.76. The Morgan fingerprint density at radius 2 is 2.00 bits per heavy atom. The molecule has 0 fully saturated rings. The molecule has 1 unspecified atom stereocenters. The molecule has 4 heteroatoms. The lowest BCUT2D eigenvalue weighted by Gasteiger charge is -2.24. The molecule has 0 radical (unpaired) electrons. The predicted octanol–water partition coefficient (Wildman–Crippen LogP) is 3.51. The van der Waals surface area contributed by atoms with Crippen molar-refractivity contribution in [2.24, 2.45) is 0 Å². The van der Waals surface area contributed by atoms with Gasteiger partial charge in [-0.25, -0.2) is 4.98 Å². The van der Waals surface area contributed by atoms with Crippen LogP contribution in [0, 0.1) is 0 Å². The molecule has 0 aliphatic heterocycles. The monoisotopic (exact) mass is 322 g/mol. The number of hydrogen-bond donors (Lipinski definition) is 1. The molecule has 1 aromatic carbocycles. The van der Waals surface area contributed by atoms with Crippen molar-refractivity contribution in [2.45, 2.75) is 38.8 Å². The van der Waals surface area contributed by atoms with Crippen LogP contribution in [-0.4, -0.2) is 14.7 Å². The summed E-state index contributed by atoms with van der Waals surface area (Å²) >= 11 is 3.41. The molecular weight excluding hydrogens is 304 g/mol. The molecule has 0 aliphatic carbocycles. The number of rotatable bonds is 5. The highest BCUT2D eigenvalue weighted by atomic mass is 79.9. The Kier molecular flexibility index (Phi) is 4.42. The van der Waals surface area contributed by atoms with Gasteiger partial charge in [0.25, 0.3) is 0 Å². The number of halogens is 1. The first kappa shape index (κ1) is 14.3. The quantitative estimate of drug-likeness (QED) is 0.914. The average molecular weight is 323 g/mol. The number of benzene rings is 1. The Bertz CT molecular complexity index is 531. The number of imidazole rings is 1. The number of aromatic nitrogens is 2. The van der Waals surface area contributed by atoms with E-state index in [1.165, 1.54) is 0 Å². The van der Waals surface area contributed by atoms with Crippen LogP contribution >= 0.6 is 15.9 Å². The van der Waals surface area contributed by atoms with Crippen LogP contribution < -0.4 is 0 Å². The SMILES string of the molecule is CCCn1ccnc1CC(C)(O)c1ccc(Br)cc1. The second-order valence-corrected chi connectivity index (χ2v) is 5.91. The normalized spacial score (nSPS) is 14.3. The molecular formula is C15H19BrN2O. The lowest BCUT2D eigenvalue weighted by Crippen LogP contribution is -2.26. The van der Waals surface area contributed by atoms with Gasteiger partial charge in [0.1, 0.15) is 5.82 Å². The van der Waals surface area contributed by atoms with E-state index < -0.39 is 5.60 Å². The molecule has 1 N–H and O–H groups in total. The largest absolute Gasteiger partial charge is 0.385 e. The van der Waals surface area contributed by atoms with Gasteiger partial charge in [0.15, 0.2) is 0 Å². The van der Waals surface area contributed by atoms with Gasteiger partial charge in [-0.05, 0) is 31.0 Å². The second kappa shape index (κ2) is 5.88. The molecule has 0 aliphatic rings. The highest BCUT2D eigenvalue weighted by molar-refractivity contribution is 9.10. The van der Waals surface area contributed by atoms with Crippen molar-refractivity contribution in [3.63, 3.8) is 0 Å². The van der Waals surface area contributed by atoms with Gasteiger partial charge in [-0.1, -0.05) is 35.0 Å². The Morgan fingerprint density at radius 1 is 1.32 bits per heavy atom. The van der Waals surface area contributed by atoms with Crippen LogP contribution in [0.25, 0.3) is 0 Å². The zero-order chi connectivity index (χ0) is 13.9. The van der Waals surface area contributed by atoms with Gasteiger partial charge in [-0.2, -0.15) is 0 Å². The molecule has 0 amide bonds. The first-order chi connectivity index (χ1) is 9.03. The third-order valence-electron chi connectivity index (χ3n) is 3.23. The van der Waals surface area contributed by atoms with Gasteiger partial charge in [-0.3, -0.25) is 0 Å². The molecule has 0 saturated carbocycles. The van der Waals surface area contributed by atoms with Crippen LogP contribution in [0.4, 0.5) is 0 Å². The second-order valence-electron chi connectivity index (χ2n) is 4.99. The van der Waals surface area contributed by atoms with Gasteiger partial charge in [0, 0.05) is 29.8 Å². The zero-order valence-electron chi connectivity index (χ0n) is 11.3. The van der Waals surface area contributed by atoms with Crippen molar-refractivity contribution in [3.05, 3.63) is 52.5 Å². The Morgan fingerprint density at radius 3 is 2.63 bits per heavy atom. The van der Waals surface area contributed by atoms with Crippen LogP contribution in [0.3, 0.4) is 0 Å². The molecule has 0 spiro atoms. The molecule has 2 rings (SSSR count). The summed E-state index contributed by atoms with van der Waals surface area (Å²) in [5.41, 5.74) is -0.000817. The fourth-order valence-corrected chi connectivity index (χ4v) is 2.43. The number of aryl methyl sites for hydroxylation is 1. The summed E-state index contributed by atoms with van der Waals surface area (Å²) < 4.78 is 3.12. The summed E-state index contributed by atoms with van der Waals surface area (Å²) in [5.74, 6) is 0.926. The number of nitrogens with zero attached hydrogens (tertiary/aromatic N) is 2.